The Bertz CT molecular complexity index is 153. The molecule has 2 N–H and O–H groups in total. The molecule has 0 aromatic carbocycles. The molecule has 0 aromatic heterocycles. The van der Waals surface area contributed by atoms with Gasteiger partial charge in [-0.1, -0.05) is 26.7 Å². The van der Waals surface area contributed by atoms with Gasteiger partial charge in [-0.25, -0.2) is 0 Å². The van der Waals surface area contributed by atoms with E-state index in [2.05, 4.69) is 12.2 Å². The molecule has 0 aliphatic heterocycles. The van der Waals surface area contributed by atoms with Crippen LogP contribution < -0.4 is 5.32 Å². The third-order valence-corrected chi connectivity index (χ3v) is 3.69. The van der Waals surface area contributed by atoms with E-state index in [9.17, 15) is 5.11 Å². The summed E-state index contributed by atoms with van der Waals surface area (Å²) in [6.07, 6.45) is 7.27. The molecule has 1 unspecified atom stereocenters. The Hall–Kier alpha value is -0.0800. The lowest BCUT2D eigenvalue weighted by Crippen LogP contribution is -2.28. The van der Waals surface area contributed by atoms with Crippen LogP contribution in [0, 0.1) is 11.8 Å². The van der Waals surface area contributed by atoms with E-state index in [4.69, 9.17) is 0 Å². The van der Waals surface area contributed by atoms with E-state index in [1.807, 2.05) is 6.92 Å². The van der Waals surface area contributed by atoms with Crippen LogP contribution in [0.5, 0.6) is 0 Å². The van der Waals surface area contributed by atoms with Gasteiger partial charge < -0.3 is 10.4 Å². The molecule has 0 amide bonds. The third kappa shape index (κ3) is 5.53. The highest BCUT2D eigenvalue weighted by Crippen LogP contribution is 2.27. The van der Waals surface area contributed by atoms with Gasteiger partial charge in [0.1, 0.15) is 0 Å². The maximum atomic E-state index is 9.39. The van der Waals surface area contributed by atoms with Crippen molar-refractivity contribution in [3.63, 3.8) is 0 Å². The second-order valence-corrected chi connectivity index (χ2v) is 5.18. The summed E-state index contributed by atoms with van der Waals surface area (Å²) < 4.78 is 0. The van der Waals surface area contributed by atoms with Crippen molar-refractivity contribution in [2.45, 2.75) is 58.5 Å². The van der Waals surface area contributed by atoms with Crippen LogP contribution in [0.3, 0.4) is 0 Å². The molecule has 1 atom stereocenters. The number of aliphatic hydroxyl groups is 1. The van der Waals surface area contributed by atoms with Crippen molar-refractivity contribution in [2.75, 3.05) is 13.1 Å². The molecule has 1 rings (SSSR count). The SMILES string of the molecule is CCC(O)CCNCC1CCC(C)CC1. The first-order valence-corrected chi connectivity index (χ1v) is 6.61. The molecule has 0 spiro atoms. The topological polar surface area (TPSA) is 32.3 Å². The van der Waals surface area contributed by atoms with E-state index in [0.29, 0.717) is 0 Å². The van der Waals surface area contributed by atoms with Gasteiger partial charge in [0, 0.05) is 0 Å². The Kier molecular flexibility index (Phi) is 6.26. The zero-order valence-corrected chi connectivity index (χ0v) is 10.3. The fourth-order valence-corrected chi connectivity index (χ4v) is 2.31. The summed E-state index contributed by atoms with van der Waals surface area (Å²) in [7, 11) is 0. The van der Waals surface area contributed by atoms with Gasteiger partial charge in [-0.05, 0) is 50.6 Å². The fraction of sp³-hybridized carbons (Fsp3) is 1.00. The minimum atomic E-state index is -0.108. The summed E-state index contributed by atoms with van der Waals surface area (Å²) >= 11 is 0. The van der Waals surface area contributed by atoms with Crippen molar-refractivity contribution in [1.29, 1.82) is 0 Å². The van der Waals surface area contributed by atoms with E-state index in [1.54, 1.807) is 0 Å². The van der Waals surface area contributed by atoms with Crippen LogP contribution in [0.25, 0.3) is 0 Å². The van der Waals surface area contributed by atoms with E-state index in [1.165, 1.54) is 25.7 Å². The second kappa shape index (κ2) is 7.24. The van der Waals surface area contributed by atoms with Gasteiger partial charge in [0.15, 0.2) is 0 Å². The van der Waals surface area contributed by atoms with Gasteiger partial charge in [-0.15, -0.1) is 0 Å². The molecule has 0 heterocycles. The van der Waals surface area contributed by atoms with Crippen LogP contribution >= 0.6 is 0 Å². The number of hydrogen-bond acceptors (Lipinski definition) is 2. The summed E-state index contributed by atoms with van der Waals surface area (Å²) in [5.74, 6) is 1.84. The van der Waals surface area contributed by atoms with Crippen LogP contribution in [0.1, 0.15) is 52.4 Å². The summed E-state index contributed by atoms with van der Waals surface area (Å²) in [6, 6.07) is 0. The lowest BCUT2D eigenvalue weighted by molar-refractivity contribution is 0.158. The van der Waals surface area contributed by atoms with Gasteiger partial charge in [0.25, 0.3) is 0 Å². The van der Waals surface area contributed by atoms with Crippen LogP contribution in [0.4, 0.5) is 0 Å². The van der Waals surface area contributed by atoms with Crippen LogP contribution in [-0.4, -0.2) is 24.3 Å². The molecule has 90 valence electrons. The van der Waals surface area contributed by atoms with Gasteiger partial charge in [-0.3, -0.25) is 0 Å². The minimum absolute atomic E-state index is 0.108. The molecule has 0 aromatic rings. The maximum absolute atomic E-state index is 9.39. The average Bonchev–Trinajstić information content (AvgIpc) is 2.26. The standard InChI is InChI=1S/C13H27NO/c1-3-13(15)8-9-14-10-12-6-4-11(2)5-7-12/h11-15H,3-10H2,1-2H3. The number of nitrogens with one attached hydrogen (secondary N) is 1. The van der Waals surface area contributed by atoms with Crippen molar-refractivity contribution in [3.05, 3.63) is 0 Å². The average molecular weight is 213 g/mol. The van der Waals surface area contributed by atoms with Gasteiger partial charge in [0.05, 0.1) is 6.10 Å². The largest absolute Gasteiger partial charge is 0.393 e. The van der Waals surface area contributed by atoms with Crippen molar-refractivity contribution in [1.82, 2.24) is 5.32 Å². The summed E-state index contributed by atoms with van der Waals surface area (Å²) in [5, 5.41) is 12.9. The van der Waals surface area contributed by atoms with E-state index >= 15 is 0 Å². The zero-order chi connectivity index (χ0) is 11.1. The minimum Gasteiger partial charge on any atom is -0.393 e. The maximum Gasteiger partial charge on any atom is 0.0549 e. The summed E-state index contributed by atoms with van der Waals surface area (Å²) in [4.78, 5) is 0. The number of aliphatic hydroxyl groups excluding tert-OH is 1. The first kappa shape index (κ1) is 13.0. The van der Waals surface area contributed by atoms with Gasteiger partial charge >= 0.3 is 0 Å². The Labute approximate surface area is 94.5 Å². The number of rotatable bonds is 6. The summed E-state index contributed by atoms with van der Waals surface area (Å²) in [5.41, 5.74) is 0. The predicted molar refractivity (Wildman–Crippen MR) is 64.9 cm³/mol. The lowest BCUT2D eigenvalue weighted by Gasteiger charge is -2.26. The quantitative estimate of drug-likeness (QED) is 0.665. The predicted octanol–water partition coefficient (Wildman–Crippen LogP) is 2.56. The Morgan fingerprint density at radius 2 is 1.93 bits per heavy atom. The highest BCUT2D eigenvalue weighted by molar-refractivity contribution is 4.71. The van der Waals surface area contributed by atoms with Crippen molar-refractivity contribution in [3.8, 4) is 0 Å². The van der Waals surface area contributed by atoms with Crippen LogP contribution in [0.2, 0.25) is 0 Å². The number of hydrogen-bond donors (Lipinski definition) is 2. The monoisotopic (exact) mass is 213 g/mol. The van der Waals surface area contributed by atoms with Crippen LogP contribution in [-0.2, 0) is 0 Å². The van der Waals surface area contributed by atoms with Crippen molar-refractivity contribution >= 4 is 0 Å². The zero-order valence-electron chi connectivity index (χ0n) is 10.3. The molecular formula is C13H27NO. The highest BCUT2D eigenvalue weighted by Gasteiger charge is 2.17. The molecule has 1 aliphatic carbocycles. The normalized spacial score (nSPS) is 29.0. The molecule has 2 heteroatoms. The second-order valence-electron chi connectivity index (χ2n) is 5.18. The van der Waals surface area contributed by atoms with Gasteiger partial charge in [-0.2, -0.15) is 0 Å². The molecule has 0 saturated heterocycles. The Morgan fingerprint density at radius 1 is 1.27 bits per heavy atom. The molecule has 0 radical (unpaired) electrons. The van der Waals surface area contributed by atoms with E-state index in [-0.39, 0.29) is 6.10 Å². The fourth-order valence-electron chi connectivity index (χ4n) is 2.31. The third-order valence-electron chi connectivity index (χ3n) is 3.69. The molecule has 2 nitrogen and oxygen atoms in total. The summed E-state index contributed by atoms with van der Waals surface area (Å²) in [6.45, 7) is 6.53. The van der Waals surface area contributed by atoms with Crippen molar-refractivity contribution < 1.29 is 5.11 Å². The lowest BCUT2D eigenvalue weighted by atomic mass is 9.83. The van der Waals surface area contributed by atoms with Gasteiger partial charge in [0.2, 0.25) is 0 Å². The first-order chi connectivity index (χ1) is 7.22. The molecule has 15 heavy (non-hydrogen) atoms. The smallest absolute Gasteiger partial charge is 0.0549 e. The van der Waals surface area contributed by atoms with E-state index < -0.39 is 0 Å². The first-order valence-electron chi connectivity index (χ1n) is 6.61. The Morgan fingerprint density at radius 3 is 2.53 bits per heavy atom. The van der Waals surface area contributed by atoms with E-state index in [0.717, 1.165) is 37.8 Å². The highest BCUT2D eigenvalue weighted by atomic mass is 16.3. The Balaban J connectivity index is 1.96. The van der Waals surface area contributed by atoms with Crippen molar-refractivity contribution in [2.24, 2.45) is 11.8 Å². The molecule has 1 aliphatic rings. The molecule has 1 saturated carbocycles. The molecular weight excluding hydrogens is 186 g/mol. The van der Waals surface area contributed by atoms with Crippen LogP contribution in [0.15, 0.2) is 0 Å². The molecule has 1 fully saturated rings. The molecule has 0 bridgehead atoms.